The van der Waals surface area contributed by atoms with Gasteiger partial charge in [0.1, 0.15) is 12.0 Å². The average molecular weight is 540 g/mol. The van der Waals surface area contributed by atoms with Crippen molar-refractivity contribution in [3.05, 3.63) is 52.9 Å². The average Bonchev–Trinajstić information content (AvgIpc) is 3.33. The SMILES string of the molecule is CC[C@H]1[C@H](C(=O)Nc2cc3cc(C4CCN([C@]5(C)COC[C@@H]5F)CC4)c(Cl)cc3cn2)[C@H]1c1cnn(C)c1. The fourth-order valence-corrected chi connectivity index (χ4v) is 7.04. The van der Waals surface area contributed by atoms with Gasteiger partial charge in [0.05, 0.1) is 24.9 Å². The van der Waals surface area contributed by atoms with Gasteiger partial charge >= 0.3 is 0 Å². The van der Waals surface area contributed by atoms with Crippen molar-refractivity contribution in [3.63, 3.8) is 0 Å². The van der Waals surface area contributed by atoms with Gasteiger partial charge in [-0.3, -0.25) is 14.4 Å². The highest BCUT2D eigenvalue weighted by molar-refractivity contribution is 6.32. The molecule has 1 aromatic carbocycles. The van der Waals surface area contributed by atoms with Gasteiger partial charge in [0.2, 0.25) is 5.91 Å². The number of ether oxygens (including phenoxy) is 1. The van der Waals surface area contributed by atoms with E-state index in [-0.39, 0.29) is 24.3 Å². The summed E-state index contributed by atoms with van der Waals surface area (Å²) in [6.07, 6.45) is 7.46. The lowest BCUT2D eigenvalue weighted by Crippen LogP contribution is -2.55. The number of hydrogen-bond donors (Lipinski definition) is 1. The van der Waals surface area contributed by atoms with Crippen LogP contribution in [0.25, 0.3) is 10.8 Å². The number of aromatic nitrogens is 3. The minimum atomic E-state index is -0.952. The van der Waals surface area contributed by atoms with Crippen LogP contribution in [0, 0.1) is 11.8 Å². The maximum absolute atomic E-state index is 14.5. The maximum Gasteiger partial charge on any atom is 0.229 e. The number of benzene rings is 1. The molecule has 1 N–H and O–H groups in total. The third-order valence-corrected chi connectivity index (χ3v) is 9.46. The van der Waals surface area contributed by atoms with Crippen molar-refractivity contribution < 1.29 is 13.9 Å². The Labute approximate surface area is 227 Å². The Kier molecular flexibility index (Phi) is 6.69. The molecule has 1 saturated carbocycles. The Balaban J connectivity index is 1.16. The van der Waals surface area contributed by atoms with Gasteiger partial charge in [0.25, 0.3) is 0 Å². The summed E-state index contributed by atoms with van der Waals surface area (Å²) in [6, 6.07) is 6.04. The first-order valence-corrected chi connectivity index (χ1v) is 14.0. The van der Waals surface area contributed by atoms with Crippen LogP contribution in [0.2, 0.25) is 5.02 Å². The predicted octanol–water partition coefficient (Wildman–Crippen LogP) is 5.31. The molecule has 0 bridgehead atoms. The number of alkyl halides is 1. The Morgan fingerprint density at radius 2 is 2.03 bits per heavy atom. The molecule has 1 aliphatic carbocycles. The van der Waals surface area contributed by atoms with Gasteiger partial charge in [0, 0.05) is 41.7 Å². The van der Waals surface area contributed by atoms with E-state index in [0.29, 0.717) is 24.3 Å². The van der Waals surface area contributed by atoms with E-state index in [4.69, 9.17) is 16.3 Å². The van der Waals surface area contributed by atoms with Crippen molar-refractivity contribution >= 4 is 34.1 Å². The second kappa shape index (κ2) is 9.88. The molecule has 5 atom stereocenters. The fourth-order valence-electron chi connectivity index (χ4n) is 6.71. The number of hydrogen-bond acceptors (Lipinski definition) is 5. The molecule has 4 heterocycles. The summed E-state index contributed by atoms with van der Waals surface area (Å²) in [5.41, 5.74) is 1.69. The second-order valence-corrected chi connectivity index (χ2v) is 11.9. The van der Waals surface area contributed by atoms with Crippen LogP contribution in [-0.4, -0.2) is 63.6 Å². The minimum Gasteiger partial charge on any atom is -0.376 e. The van der Waals surface area contributed by atoms with Crippen LogP contribution in [-0.2, 0) is 16.6 Å². The van der Waals surface area contributed by atoms with Crippen molar-refractivity contribution in [2.75, 3.05) is 31.6 Å². The molecule has 3 aliphatic rings. The smallest absolute Gasteiger partial charge is 0.229 e. The molecule has 202 valence electrons. The molecule has 0 unspecified atom stereocenters. The van der Waals surface area contributed by atoms with E-state index in [1.165, 1.54) is 0 Å². The molecular weight excluding hydrogens is 505 g/mol. The first kappa shape index (κ1) is 25.7. The van der Waals surface area contributed by atoms with E-state index in [2.05, 4.69) is 33.3 Å². The zero-order valence-corrected chi connectivity index (χ0v) is 22.9. The number of anilines is 1. The molecule has 1 amide bonds. The van der Waals surface area contributed by atoms with Gasteiger partial charge < -0.3 is 10.1 Å². The van der Waals surface area contributed by atoms with E-state index >= 15 is 0 Å². The van der Waals surface area contributed by atoms with E-state index in [9.17, 15) is 9.18 Å². The molecule has 7 nitrogen and oxygen atoms in total. The largest absolute Gasteiger partial charge is 0.376 e. The first-order chi connectivity index (χ1) is 18.3. The number of carbonyl (C=O) groups is 1. The van der Waals surface area contributed by atoms with Gasteiger partial charge in [-0.1, -0.05) is 24.9 Å². The van der Waals surface area contributed by atoms with Crippen LogP contribution in [0.1, 0.15) is 56.1 Å². The highest BCUT2D eigenvalue weighted by Crippen LogP contribution is 2.56. The van der Waals surface area contributed by atoms with Crippen molar-refractivity contribution in [1.82, 2.24) is 19.7 Å². The molecule has 9 heteroatoms. The zero-order chi connectivity index (χ0) is 26.6. The molecule has 0 spiro atoms. The summed E-state index contributed by atoms with van der Waals surface area (Å²) < 4.78 is 21.7. The summed E-state index contributed by atoms with van der Waals surface area (Å²) in [6.45, 7) is 6.36. The van der Waals surface area contributed by atoms with Gasteiger partial charge in [-0.2, -0.15) is 5.10 Å². The molecule has 2 aliphatic heterocycles. The standard InChI is InChI=1S/C29H35ClFN5O2/c1-4-21-26(20-13-33-35(3)14-20)27(21)28(37)34-25-11-18-9-22(23(30)10-19(18)12-32-25)17-5-7-36(8-6-17)29(2)16-38-15-24(29)31/h9-14,17,21,24,26-27H,4-8,15-16H2,1-3H3,(H,32,34,37)/t21-,24+,26+,27+,29-/m1/s1. The molecule has 0 radical (unpaired) electrons. The number of carbonyl (C=O) groups excluding carboxylic acids is 1. The molecule has 2 saturated heterocycles. The van der Waals surface area contributed by atoms with Gasteiger partial charge in [-0.15, -0.1) is 0 Å². The van der Waals surface area contributed by atoms with Gasteiger partial charge in [-0.25, -0.2) is 9.37 Å². The lowest BCUT2D eigenvalue weighted by molar-refractivity contribution is -0.117. The highest BCUT2D eigenvalue weighted by atomic mass is 35.5. The summed E-state index contributed by atoms with van der Waals surface area (Å²) in [5.74, 6) is 1.33. The summed E-state index contributed by atoms with van der Waals surface area (Å²) >= 11 is 6.73. The number of nitrogens with zero attached hydrogens (tertiary/aromatic N) is 4. The van der Waals surface area contributed by atoms with Crippen LogP contribution in [0.3, 0.4) is 0 Å². The third-order valence-electron chi connectivity index (χ3n) is 9.13. The number of amides is 1. The molecular formula is C29H35ClFN5O2. The topological polar surface area (TPSA) is 72.3 Å². The van der Waals surface area contributed by atoms with E-state index in [0.717, 1.165) is 59.3 Å². The van der Waals surface area contributed by atoms with Crippen LogP contribution in [0.4, 0.5) is 10.2 Å². The van der Waals surface area contributed by atoms with Gasteiger partial charge in [-0.05, 0) is 79.4 Å². The molecule has 6 rings (SSSR count). The van der Waals surface area contributed by atoms with E-state index in [1.807, 2.05) is 38.5 Å². The Bertz CT molecular complexity index is 1360. The Morgan fingerprint density at radius 3 is 2.68 bits per heavy atom. The van der Waals surface area contributed by atoms with Crippen LogP contribution < -0.4 is 5.32 Å². The lowest BCUT2D eigenvalue weighted by Gasteiger charge is -2.43. The number of likely N-dealkylation sites (tertiary alicyclic amines) is 1. The molecule has 38 heavy (non-hydrogen) atoms. The number of nitrogens with one attached hydrogen (secondary N) is 1. The molecule has 3 aromatic rings. The number of aryl methyl sites for hydroxylation is 1. The van der Waals surface area contributed by atoms with Crippen molar-refractivity contribution in [2.45, 2.75) is 56.7 Å². The highest BCUT2D eigenvalue weighted by Gasteiger charge is 2.54. The van der Waals surface area contributed by atoms with Gasteiger partial charge in [0.15, 0.2) is 0 Å². The Hall–Kier alpha value is -2.55. The lowest BCUT2D eigenvalue weighted by atomic mass is 9.85. The van der Waals surface area contributed by atoms with Crippen LogP contribution in [0.15, 0.2) is 36.8 Å². The summed E-state index contributed by atoms with van der Waals surface area (Å²) in [5, 5.41) is 10.0. The summed E-state index contributed by atoms with van der Waals surface area (Å²) in [7, 11) is 1.90. The van der Waals surface area contributed by atoms with Crippen molar-refractivity contribution in [2.24, 2.45) is 18.9 Å². The minimum absolute atomic E-state index is 0.00895. The van der Waals surface area contributed by atoms with Crippen LogP contribution in [0.5, 0.6) is 0 Å². The summed E-state index contributed by atoms with van der Waals surface area (Å²) in [4.78, 5) is 19.9. The van der Waals surface area contributed by atoms with Crippen LogP contribution >= 0.6 is 11.6 Å². The van der Waals surface area contributed by atoms with Crippen molar-refractivity contribution in [3.8, 4) is 0 Å². The fraction of sp³-hybridized carbons (Fsp3) is 0.552. The second-order valence-electron chi connectivity index (χ2n) is 11.5. The Morgan fingerprint density at radius 1 is 1.24 bits per heavy atom. The maximum atomic E-state index is 14.5. The number of fused-ring (bicyclic) bond motifs is 1. The van der Waals surface area contributed by atoms with E-state index < -0.39 is 11.7 Å². The monoisotopic (exact) mass is 539 g/mol. The number of halogens is 2. The quantitative estimate of drug-likeness (QED) is 0.460. The molecule has 2 aromatic heterocycles. The molecule has 3 fully saturated rings. The van der Waals surface area contributed by atoms with E-state index in [1.54, 1.807) is 10.9 Å². The first-order valence-electron chi connectivity index (χ1n) is 13.6. The third kappa shape index (κ3) is 4.50. The predicted molar refractivity (Wildman–Crippen MR) is 146 cm³/mol. The number of rotatable bonds is 6. The number of pyridine rings is 1. The number of piperidine rings is 1. The van der Waals surface area contributed by atoms with Crippen molar-refractivity contribution in [1.29, 1.82) is 0 Å². The zero-order valence-electron chi connectivity index (χ0n) is 22.2. The normalized spacial score (nSPS) is 30.1.